The summed E-state index contributed by atoms with van der Waals surface area (Å²) in [5, 5.41) is 14.6. The van der Waals surface area contributed by atoms with Crippen molar-refractivity contribution >= 4 is 17.8 Å². The summed E-state index contributed by atoms with van der Waals surface area (Å²) in [6.45, 7) is 8.14. The molecular weight excluding hydrogens is 336 g/mol. The van der Waals surface area contributed by atoms with E-state index in [1.54, 1.807) is 0 Å². The highest BCUT2D eigenvalue weighted by Gasteiger charge is 2.30. The van der Waals surface area contributed by atoms with Gasteiger partial charge >= 0.3 is 5.97 Å². The summed E-state index contributed by atoms with van der Waals surface area (Å²) in [7, 11) is 0. The van der Waals surface area contributed by atoms with Gasteiger partial charge in [0, 0.05) is 0 Å². The first kappa shape index (κ1) is 24.3. The molecule has 8 heteroatoms. The van der Waals surface area contributed by atoms with Crippen LogP contribution in [0.15, 0.2) is 0 Å². The van der Waals surface area contributed by atoms with Crippen molar-refractivity contribution in [1.82, 2.24) is 10.6 Å². The van der Waals surface area contributed by atoms with Crippen LogP contribution in [0.25, 0.3) is 0 Å². The van der Waals surface area contributed by atoms with Crippen LogP contribution in [-0.2, 0) is 14.4 Å². The first-order valence-corrected chi connectivity index (χ1v) is 9.43. The largest absolute Gasteiger partial charge is 0.480 e. The zero-order valence-electron chi connectivity index (χ0n) is 16.5. The maximum atomic E-state index is 12.6. The molecule has 0 radical (unpaired) electrons. The summed E-state index contributed by atoms with van der Waals surface area (Å²) in [5.41, 5.74) is 11.3. The second-order valence-electron chi connectivity index (χ2n) is 7.29. The van der Waals surface area contributed by atoms with Crippen LogP contribution in [-0.4, -0.2) is 47.6 Å². The lowest BCUT2D eigenvalue weighted by atomic mass is 9.96. The zero-order valence-corrected chi connectivity index (χ0v) is 16.5. The Labute approximate surface area is 156 Å². The number of nitrogens with one attached hydrogen (secondary N) is 2. The van der Waals surface area contributed by atoms with E-state index in [-0.39, 0.29) is 11.8 Å². The number of carbonyl (C=O) groups is 3. The van der Waals surface area contributed by atoms with Crippen LogP contribution in [0.1, 0.15) is 59.8 Å². The lowest BCUT2D eigenvalue weighted by Crippen LogP contribution is -2.56. The molecular formula is C18H36N4O4. The van der Waals surface area contributed by atoms with Gasteiger partial charge in [0.05, 0.1) is 6.04 Å². The van der Waals surface area contributed by atoms with E-state index in [2.05, 4.69) is 10.6 Å². The van der Waals surface area contributed by atoms with E-state index in [4.69, 9.17) is 11.5 Å². The van der Waals surface area contributed by atoms with Crippen LogP contribution in [0.2, 0.25) is 0 Å². The predicted molar refractivity (Wildman–Crippen MR) is 101 cm³/mol. The molecule has 7 N–H and O–H groups in total. The summed E-state index contributed by atoms with van der Waals surface area (Å²) >= 11 is 0. The third-order valence-electron chi connectivity index (χ3n) is 4.42. The van der Waals surface area contributed by atoms with Gasteiger partial charge in [-0.3, -0.25) is 9.59 Å². The highest BCUT2D eigenvalue weighted by molar-refractivity contribution is 5.91. The number of unbranched alkanes of at least 4 members (excludes halogenated alkanes) is 1. The highest BCUT2D eigenvalue weighted by Crippen LogP contribution is 2.11. The first-order chi connectivity index (χ1) is 12.1. The Balaban J connectivity index is 5.01. The molecule has 0 aromatic carbocycles. The molecule has 26 heavy (non-hydrogen) atoms. The zero-order chi connectivity index (χ0) is 20.3. The van der Waals surface area contributed by atoms with Crippen molar-refractivity contribution in [3.8, 4) is 0 Å². The molecule has 4 atom stereocenters. The molecule has 8 nitrogen and oxygen atoms in total. The number of aliphatic carboxylic acids is 1. The fourth-order valence-corrected chi connectivity index (χ4v) is 2.59. The van der Waals surface area contributed by atoms with Crippen molar-refractivity contribution < 1.29 is 19.5 Å². The smallest absolute Gasteiger partial charge is 0.326 e. The molecule has 0 rings (SSSR count). The molecule has 2 amide bonds. The lowest BCUT2D eigenvalue weighted by Gasteiger charge is -2.27. The quantitative estimate of drug-likeness (QED) is 0.299. The lowest BCUT2D eigenvalue weighted by molar-refractivity contribution is -0.142. The van der Waals surface area contributed by atoms with Crippen molar-refractivity contribution in [3.05, 3.63) is 0 Å². The van der Waals surface area contributed by atoms with Crippen LogP contribution in [0, 0.1) is 11.8 Å². The van der Waals surface area contributed by atoms with Gasteiger partial charge in [-0.15, -0.1) is 0 Å². The fourth-order valence-electron chi connectivity index (χ4n) is 2.59. The third-order valence-corrected chi connectivity index (χ3v) is 4.42. The monoisotopic (exact) mass is 372 g/mol. The van der Waals surface area contributed by atoms with Gasteiger partial charge in [-0.1, -0.05) is 34.1 Å². The van der Waals surface area contributed by atoms with E-state index in [0.717, 1.165) is 0 Å². The molecule has 0 saturated heterocycles. The molecule has 0 spiro atoms. The number of rotatable bonds is 13. The molecule has 0 aliphatic heterocycles. The number of hydrogen-bond donors (Lipinski definition) is 5. The van der Waals surface area contributed by atoms with E-state index in [9.17, 15) is 19.5 Å². The molecule has 0 saturated carbocycles. The van der Waals surface area contributed by atoms with E-state index in [0.29, 0.717) is 38.6 Å². The Morgan fingerprint density at radius 1 is 1.04 bits per heavy atom. The summed E-state index contributed by atoms with van der Waals surface area (Å²) in [5.74, 6) is -1.88. The molecule has 0 heterocycles. The van der Waals surface area contributed by atoms with E-state index in [1.807, 2.05) is 27.7 Å². The van der Waals surface area contributed by atoms with Crippen LogP contribution >= 0.6 is 0 Å². The van der Waals surface area contributed by atoms with Crippen molar-refractivity contribution in [3.63, 3.8) is 0 Å². The van der Waals surface area contributed by atoms with Gasteiger partial charge in [-0.2, -0.15) is 0 Å². The predicted octanol–water partition coefficient (Wildman–Crippen LogP) is 0.589. The molecule has 0 aromatic heterocycles. The minimum atomic E-state index is -1.10. The molecule has 0 aliphatic rings. The Morgan fingerprint density at radius 3 is 2.12 bits per heavy atom. The van der Waals surface area contributed by atoms with Crippen molar-refractivity contribution in [1.29, 1.82) is 0 Å². The Morgan fingerprint density at radius 2 is 1.65 bits per heavy atom. The highest BCUT2D eigenvalue weighted by atomic mass is 16.4. The third kappa shape index (κ3) is 9.15. The average molecular weight is 373 g/mol. The van der Waals surface area contributed by atoms with Gasteiger partial charge in [0.15, 0.2) is 0 Å². The minimum absolute atomic E-state index is 0.149. The molecule has 0 unspecified atom stereocenters. The number of carboxylic acids is 1. The van der Waals surface area contributed by atoms with Crippen LogP contribution < -0.4 is 22.1 Å². The van der Waals surface area contributed by atoms with Gasteiger partial charge in [-0.05, 0) is 44.1 Å². The standard InChI is InChI=1S/C18H36N4O4/c1-5-12(4)15(22-16(23)13(20)10-11(2)3)17(24)21-14(18(25)26)8-6-7-9-19/h11-15H,5-10,19-20H2,1-4H3,(H,21,24)(H,22,23)(H,25,26)/t12-,13-,14-,15-/m0/s1. The van der Waals surface area contributed by atoms with Crippen molar-refractivity contribution in [2.24, 2.45) is 23.3 Å². The van der Waals surface area contributed by atoms with Crippen molar-refractivity contribution in [2.45, 2.75) is 77.9 Å². The van der Waals surface area contributed by atoms with Crippen LogP contribution in [0.4, 0.5) is 0 Å². The first-order valence-electron chi connectivity index (χ1n) is 9.43. The summed E-state index contributed by atoms with van der Waals surface area (Å²) in [6.07, 6.45) is 2.76. The molecule has 0 bridgehead atoms. The van der Waals surface area contributed by atoms with Crippen LogP contribution in [0.5, 0.6) is 0 Å². The average Bonchev–Trinajstić information content (AvgIpc) is 2.56. The van der Waals surface area contributed by atoms with Crippen LogP contribution in [0.3, 0.4) is 0 Å². The SMILES string of the molecule is CC[C@H](C)[C@H](NC(=O)[C@@H](N)CC(C)C)C(=O)N[C@@H](CCCCN)C(=O)O. The molecule has 0 aliphatic carbocycles. The molecule has 0 aromatic rings. The number of hydrogen-bond acceptors (Lipinski definition) is 5. The second-order valence-corrected chi connectivity index (χ2v) is 7.29. The van der Waals surface area contributed by atoms with Gasteiger partial charge in [-0.25, -0.2) is 4.79 Å². The van der Waals surface area contributed by atoms with Crippen molar-refractivity contribution in [2.75, 3.05) is 6.54 Å². The summed E-state index contributed by atoms with van der Waals surface area (Å²) < 4.78 is 0. The fraction of sp³-hybridized carbons (Fsp3) is 0.833. The van der Waals surface area contributed by atoms with Gasteiger partial charge in [0.1, 0.15) is 12.1 Å². The van der Waals surface area contributed by atoms with E-state index in [1.165, 1.54) is 0 Å². The number of carbonyl (C=O) groups excluding carboxylic acids is 2. The van der Waals surface area contributed by atoms with Gasteiger partial charge < -0.3 is 27.2 Å². The molecule has 0 fully saturated rings. The van der Waals surface area contributed by atoms with E-state index < -0.39 is 35.9 Å². The second kappa shape index (κ2) is 12.6. The Kier molecular flexibility index (Phi) is 11.8. The van der Waals surface area contributed by atoms with Gasteiger partial charge in [0.2, 0.25) is 11.8 Å². The minimum Gasteiger partial charge on any atom is -0.480 e. The maximum Gasteiger partial charge on any atom is 0.326 e. The Hall–Kier alpha value is -1.67. The summed E-state index contributed by atoms with van der Waals surface area (Å²) in [4.78, 5) is 36.3. The maximum absolute atomic E-state index is 12.6. The van der Waals surface area contributed by atoms with Gasteiger partial charge in [0.25, 0.3) is 0 Å². The number of carboxylic acid groups (broad SMARTS) is 1. The normalized spacial score (nSPS) is 15.8. The summed E-state index contributed by atoms with van der Waals surface area (Å²) in [6, 6.07) is -2.52. The molecule has 152 valence electrons. The topological polar surface area (TPSA) is 148 Å². The van der Waals surface area contributed by atoms with E-state index >= 15 is 0 Å². The number of amides is 2. The number of nitrogens with two attached hydrogens (primary N) is 2. The Bertz CT molecular complexity index is 456.